The Morgan fingerprint density at radius 3 is 2.80 bits per heavy atom. The Morgan fingerprint density at radius 2 is 2.00 bits per heavy atom. The molecule has 0 aliphatic heterocycles. The minimum atomic E-state index is -0.270. The Labute approximate surface area is 116 Å². The number of benzene rings is 2. The maximum atomic E-state index is 13.4. The summed E-state index contributed by atoms with van der Waals surface area (Å²) in [4.78, 5) is 4.25. The van der Waals surface area contributed by atoms with Gasteiger partial charge in [-0.05, 0) is 55.0 Å². The number of nitrogens with one attached hydrogen (secondary N) is 1. The summed E-state index contributed by atoms with van der Waals surface area (Å²) < 4.78 is 13.4. The Kier molecular flexibility index (Phi) is 2.99. The highest BCUT2D eigenvalue weighted by molar-refractivity contribution is 5.97. The van der Waals surface area contributed by atoms with Crippen molar-refractivity contribution in [3.05, 3.63) is 60.0 Å². The number of hydrogen-bond donors (Lipinski definition) is 2. The van der Waals surface area contributed by atoms with Gasteiger partial charge in [-0.2, -0.15) is 0 Å². The zero-order valence-corrected chi connectivity index (χ0v) is 11.0. The highest BCUT2D eigenvalue weighted by atomic mass is 19.1. The van der Waals surface area contributed by atoms with Crippen LogP contribution in [-0.4, -0.2) is 4.98 Å². The fourth-order valence-electron chi connectivity index (χ4n) is 2.25. The molecular formula is C16H14FN3. The minimum absolute atomic E-state index is 0.270. The van der Waals surface area contributed by atoms with Crippen LogP contribution in [0.2, 0.25) is 0 Å². The monoisotopic (exact) mass is 267 g/mol. The maximum Gasteiger partial charge on any atom is 0.125 e. The van der Waals surface area contributed by atoms with E-state index in [9.17, 15) is 4.39 Å². The lowest BCUT2D eigenvalue weighted by Crippen LogP contribution is -1.98. The molecule has 0 radical (unpaired) electrons. The molecule has 0 aliphatic rings. The molecule has 3 nitrogen and oxygen atoms in total. The van der Waals surface area contributed by atoms with E-state index >= 15 is 0 Å². The van der Waals surface area contributed by atoms with Crippen LogP contribution in [0, 0.1) is 12.7 Å². The molecule has 0 atom stereocenters. The number of aryl methyl sites for hydroxylation is 1. The van der Waals surface area contributed by atoms with Gasteiger partial charge in [0.05, 0.1) is 16.9 Å². The van der Waals surface area contributed by atoms with Gasteiger partial charge in [-0.1, -0.05) is 0 Å². The van der Waals surface area contributed by atoms with Crippen molar-refractivity contribution in [2.75, 3.05) is 11.1 Å². The minimum Gasteiger partial charge on any atom is -0.396 e. The Morgan fingerprint density at radius 1 is 1.15 bits per heavy atom. The lowest BCUT2D eigenvalue weighted by atomic mass is 10.1. The van der Waals surface area contributed by atoms with Gasteiger partial charge in [0.25, 0.3) is 0 Å². The second-order valence-corrected chi connectivity index (χ2v) is 4.74. The van der Waals surface area contributed by atoms with Gasteiger partial charge in [0.2, 0.25) is 0 Å². The molecule has 0 amide bonds. The summed E-state index contributed by atoms with van der Waals surface area (Å²) in [6.45, 7) is 1.85. The van der Waals surface area contributed by atoms with Gasteiger partial charge >= 0.3 is 0 Å². The van der Waals surface area contributed by atoms with Crippen LogP contribution in [0.4, 0.5) is 21.5 Å². The van der Waals surface area contributed by atoms with Gasteiger partial charge in [-0.25, -0.2) is 4.39 Å². The SMILES string of the molecule is Cc1cc(F)cc(Nc2ccc3ncccc3c2N)c1. The van der Waals surface area contributed by atoms with Crippen LogP contribution in [0.5, 0.6) is 0 Å². The molecule has 3 rings (SSSR count). The van der Waals surface area contributed by atoms with E-state index in [1.165, 1.54) is 12.1 Å². The summed E-state index contributed by atoms with van der Waals surface area (Å²) in [6.07, 6.45) is 1.73. The number of nitrogens with zero attached hydrogens (tertiary/aromatic N) is 1. The zero-order chi connectivity index (χ0) is 14.1. The molecule has 0 fully saturated rings. The molecular weight excluding hydrogens is 253 g/mol. The quantitative estimate of drug-likeness (QED) is 0.690. The van der Waals surface area contributed by atoms with E-state index in [2.05, 4.69) is 10.3 Å². The number of nitrogens with two attached hydrogens (primary N) is 1. The molecule has 3 N–H and O–H groups in total. The average molecular weight is 267 g/mol. The predicted molar refractivity (Wildman–Crippen MR) is 80.6 cm³/mol. The summed E-state index contributed by atoms with van der Waals surface area (Å²) in [7, 11) is 0. The molecule has 0 saturated carbocycles. The van der Waals surface area contributed by atoms with Crippen molar-refractivity contribution in [1.82, 2.24) is 4.98 Å². The molecule has 20 heavy (non-hydrogen) atoms. The molecule has 1 heterocycles. The number of hydrogen-bond acceptors (Lipinski definition) is 3. The number of halogens is 1. The van der Waals surface area contributed by atoms with Crippen molar-refractivity contribution in [3.8, 4) is 0 Å². The number of rotatable bonds is 2. The van der Waals surface area contributed by atoms with Crippen molar-refractivity contribution < 1.29 is 4.39 Å². The van der Waals surface area contributed by atoms with Crippen molar-refractivity contribution >= 4 is 28.0 Å². The Balaban J connectivity index is 2.04. The van der Waals surface area contributed by atoms with Crippen LogP contribution >= 0.6 is 0 Å². The molecule has 0 aliphatic carbocycles. The Bertz CT molecular complexity index is 764. The molecule has 4 heteroatoms. The van der Waals surface area contributed by atoms with Gasteiger partial charge in [0.1, 0.15) is 5.82 Å². The van der Waals surface area contributed by atoms with E-state index in [1.54, 1.807) is 6.20 Å². The Hall–Kier alpha value is -2.62. The maximum absolute atomic E-state index is 13.4. The summed E-state index contributed by atoms with van der Waals surface area (Å²) in [6, 6.07) is 12.3. The summed E-state index contributed by atoms with van der Waals surface area (Å²) in [5.41, 5.74) is 9.87. The van der Waals surface area contributed by atoms with Crippen LogP contribution in [-0.2, 0) is 0 Å². The third-order valence-corrected chi connectivity index (χ3v) is 3.15. The third kappa shape index (κ3) is 2.28. The fourth-order valence-corrected chi connectivity index (χ4v) is 2.25. The topological polar surface area (TPSA) is 50.9 Å². The van der Waals surface area contributed by atoms with Crippen LogP contribution in [0.1, 0.15) is 5.56 Å². The van der Waals surface area contributed by atoms with Gasteiger partial charge in [0, 0.05) is 17.3 Å². The van der Waals surface area contributed by atoms with Crippen molar-refractivity contribution in [2.45, 2.75) is 6.92 Å². The number of fused-ring (bicyclic) bond motifs is 1. The third-order valence-electron chi connectivity index (χ3n) is 3.15. The van der Waals surface area contributed by atoms with Crippen molar-refractivity contribution in [3.63, 3.8) is 0 Å². The lowest BCUT2D eigenvalue weighted by Gasteiger charge is -2.12. The zero-order valence-electron chi connectivity index (χ0n) is 11.0. The van der Waals surface area contributed by atoms with Gasteiger partial charge in [0.15, 0.2) is 0 Å². The molecule has 1 aromatic heterocycles. The largest absolute Gasteiger partial charge is 0.396 e. The average Bonchev–Trinajstić information content (AvgIpc) is 2.41. The summed E-state index contributed by atoms with van der Waals surface area (Å²) in [5.74, 6) is -0.270. The van der Waals surface area contributed by atoms with Gasteiger partial charge in [-0.15, -0.1) is 0 Å². The molecule has 0 spiro atoms. The van der Waals surface area contributed by atoms with Crippen LogP contribution < -0.4 is 11.1 Å². The first-order valence-electron chi connectivity index (χ1n) is 6.31. The van der Waals surface area contributed by atoms with Crippen molar-refractivity contribution in [2.24, 2.45) is 0 Å². The second kappa shape index (κ2) is 4.81. The predicted octanol–water partition coefficient (Wildman–Crippen LogP) is 4.01. The van der Waals surface area contributed by atoms with E-state index in [1.807, 2.05) is 37.3 Å². The smallest absolute Gasteiger partial charge is 0.125 e. The number of aromatic nitrogens is 1. The van der Waals surface area contributed by atoms with Crippen LogP contribution in [0.15, 0.2) is 48.7 Å². The summed E-state index contributed by atoms with van der Waals surface area (Å²) in [5, 5.41) is 4.03. The molecule has 0 unspecified atom stereocenters. The molecule has 100 valence electrons. The highest BCUT2D eigenvalue weighted by Gasteiger charge is 2.06. The first-order valence-corrected chi connectivity index (χ1v) is 6.31. The van der Waals surface area contributed by atoms with Crippen molar-refractivity contribution in [1.29, 1.82) is 0 Å². The standard InChI is InChI=1S/C16H14FN3/c1-10-7-11(17)9-12(8-10)20-15-5-4-14-13(16(15)18)3-2-6-19-14/h2-9,20H,18H2,1H3. The van der Waals surface area contributed by atoms with Crippen LogP contribution in [0.25, 0.3) is 10.9 Å². The summed E-state index contributed by atoms with van der Waals surface area (Å²) >= 11 is 0. The first kappa shape index (κ1) is 12.4. The first-order chi connectivity index (χ1) is 9.63. The van der Waals surface area contributed by atoms with E-state index in [0.29, 0.717) is 11.4 Å². The van der Waals surface area contributed by atoms with E-state index in [4.69, 9.17) is 5.73 Å². The molecule has 2 aromatic carbocycles. The molecule has 0 bridgehead atoms. The van der Waals surface area contributed by atoms with E-state index in [-0.39, 0.29) is 5.82 Å². The molecule has 0 saturated heterocycles. The normalized spacial score (nSPS) is 10.7. The highest BCUT2D eigenvalue weighted by Crippen LogP contribution is 2.30. The van der Waals surface area contributed by atoms with E-state index < -0.39 is 0 Å². The van der Waals surface area contributed by atoms with Crippen LogP contribution in [0.3, 0.4) is 0 Å². The fraction of sp³-hybridized carbons (Fsp3) is 0.0625. The number of pyridine rings is 1. The molecule has 3 aromatic rings. The number of anilines is 3. The second-order valence-electron chi connectivity index (χ2n) is 4.74. The van der Waals surface area contributed by atoms with E-state index in [0.717, 1.165) is 22.2 Å². The van der Waals surface area contributed by atoms with Gasteiger partial charge < -0.3 is 11.1 Å². The number of nitrogen functional groups attached to an aromatic ring is 1. The van der Waals surface area contributed by atoms with Gasteiger partial charge in [-0.3, -0.25) is 4.98 Å². The lowest BCUT2D eigenvalue weighted by molar-refractivity contribution is 0.627.